The fourth-order valence-corrected chi connectivity index (χ4v) is 2.30. The minimum Gasteiger partial charge on any atom is -0.306 e. The standard InChI is InChI=1S/C16H21Cl2N3/c1-11(13-5-6-14(17)15(18)7-13)19-8-12-9-20-21(10-12)16(2,3)4/h5-7,9-11,19H,8H2,1-4H3. The van der Waals surface area contributed by atoms with Crippen LogP contribution in [0.2, 0.25) is 10.0 Å². The predicted octanol–water partition coefficient (Wildman–Crippen LogP) is 4.80. The minimum atomic E-state index is 0.00751. The van der Waals surface area contributed by atoms with Gasteiger partial charge in [0.1, 0.15) is 0 Å². The number of nitrogens with one attached hydrogen (secondary N) is 1. The van der Waals surface area contributed by atoms with Gasteiger partial charge in [-0.05, 0) is 45.4 Å². The average molecular weight is 326 g/mol. The van der Waals surface area contributed by atoms with Gasteiger partial charge in [-0.15, -0.1) is 0 Å². The molecule has 0 amide bonds. The molecule has 0 saturated carbocycles. The van der Waals surface area contributed by atoms with Crippen molar-refractivity contribution in [3.05, 3.63) is 51.8 Å². The Hall–Kier alpha value is -1.03. The fraction of sp³-hybridized carbons (Fsp3) is 0.438. The first-order valence-electron chi connectivity index (χ1n) is 7.00. The topological polar surface area (TPSA) is 29.9 Å². The van der Waals surface area contributed by atoms with Crippen molar-refractivity contribution in [2.75, 3.05) is 0 Å². The van der Waals surface area contributed by atoms with Gasteiger partial charge in [-0.3, -0.25) is 4.68 Å². The van der Waals surface area contributed by atoms with Gasteiger partial charge in [0.25, 0.3) is 0 Å². The first-order chi connectivity index (χ1) is 9.77. The first kappa shape index (κ1) is 16.3. The number of rotatable bonds is 4. The number of halogens is 2. The van der Waals surface area contributed by atoms with Crippen LogP contribution < -0.4 is 5.32 Å². The van der Waals surface area contributed by atoms with Crippen molar-refractivity contribution in [2.24, 2.45) is 0 Å². The molecular formula is C16H21Cl2N3. The summed E-state index contributed by atoms with van der Waals surface area (Å²) in [4.78, 5) is 0. The maximum atomic E-state index is 6.06. The lowest BCUT2D eigenvalue weighted by Gasteiger charge is -2.19. The Balaban J connectivity index is 1.99. The van der Waals surface area contributed by atoms with Crippen molar-refractivity contribution in [3.63, 3.8) is 0 Å². The van der Waals surface area contributed by atoms with Crippen molar-refractivity contribution < 1.29 is 0 Å². The zero-order valence-corrected chi connectivity index (χ0v) is 14.3. The van der Waals surface area contributed by atoms with Crippen LogP contribution in [0.4, 0.5) is 0 Å². The summed E-state index contributed by atoms with van der Waals surface area (Å²) in [6, 6.07) is 5.91. The molecule has 0 radical (unpaired) electrons. The van der Waals surface area contributed by atoms with E-state index in [-0.39, 0.29) is 11.6 Å². The Kier molecular flexibility index (Phi) is 4.97. The molecule has 0 aliphatic carbocycles. The van der Waals surface area contributed by atoms with E-state index < -0.39 is 0 Å². The molecule has 0 fully saturated rings. The third-order valence-electron chi connectivity index (χ3n) is 3.38. The quantitative estimate of drug-likeness (QED) is 0.875. The second-order valence-electron chi connectivity index (χ2n) is 6.24. The van der Waals surface area contributed by atoms with Gasteiger partial charge in [-0.2, -0.15) is 5.10 Å². The molecule has 1 heterocycles. The van der Waals surface area contributed by atoms with Crippen LogP contribution >= 0.6 is 23.2 Å². The molecule has 1 atom stereocenters. The molecule has 21 heavy (non-hydrogen) atoms. The maximum Gasteiger partial charge on any atom is 0.0595 e. The Morgan fingerprint density at radius 2 is 1.95 bits per heavy atom. The fourth-order valence-electron chi connectivity index (χ4n) is 1.99. The van der Waals surface area contributed by atoms with E-state index >= 15 is 0 Å². The van der Waals surface area contributed by atoms with E-state index in [9.17, 15) is 0 Å². The highest BCUT2D eigenvalue weighted by molar-refractivity contribution is 6.42. The number of nitrogens with zero attached hydrogens (tertiary/aromatic N) is 2. The van der Waals surface area contributed by atoms with Gasteiger partial charge in [0.2, 0.25) is 0 Å². The molecule has 0 saturated heterocycles. The number of hydrogen-bond donors (Lipinski definition) is 1. The van der Waals surface area contributed by atoms with Crippen LogP contribution in [0.3, 0.4) is 0 Å². The summed E-state index contributed by atoms with van der Waals surface area (Å²) in [7, 11) is 0. The van der Waals surface area contributed by atoms with Crippen molar-refractivity contribution in [1.29, 1.82) is 0 Å². The summed E-state index contributed by atoms with van der Waals surface area (Å²) < 4.78 is 1.98. The molecule has 0 bridgehead atoms. The molecule has 5 heteroatoms. The lowest BCUT2D eigenvalue weighted by atomic mass is 10.1. The Labute approximate surface area is 136 Å². The van der Waals surface area contributed by atoms with E-state index in [1.54, 1.807) is 0 Å². The normalized spacial score (nSPS) is 13.4. The van der Waals surface area contributed by atoms with Crippen LogP contribution in [0.5, 0.6) is 0 Å². The minimum absolute atomic E-state index is 0.00751. The smallest absolute Gasteiger partial charge is 0.0595 e. The lowest BCUT2D eigenvalue weighted by Crippen LogP contribution is -2.22. The molecule has 0 spiro atoms. The Morgan fingerprint density at radius 3 is 2.52 bits per heavy atom. The van der Waals surface area contributed by atoms with E-state index in [0.29, 0.717) is 10.0 Å². The molecule has 1 unspecified atom stereocenters. The predicted molar refractivity (Wildman–Crippen MR) is 88.9 cm³/mol. The van der Waals surface area contributed by atoms with E-state index in [4.69, 9.17) is 23.2 Å². The highest BCUT2D eigenvalue weighted by atomic mass is 35.5. The third kappa shape index (κ3) is 4.22. The SMILES string of the molecule is CC(NCc1cnn(C(C)(C)C)c1)c1ccc(Cl)c(Cl)c1. The van der Waals surface area contributed by atoms with Gasteiger partial charge in [0, 0.05) is 24.3 Å². The van der Waals surface area contributed by atoms with Gasteiger partial charge in [0.05, 0.1) is 21.8 Å². The summed E-state index contributed by atoms with van der Waals surface area (Å²) in [6.45, 7) is 9.27. The van der Waals surface area contributed by atoms with E-state index in [2.05, 4.69) is 44.3 Å². The molecule has 1 aromatic heterocycles. The number of aromatic nitrogens is 2. The molecule has 2 rings (SSSR count). The summed E-state index contributed by atoms with van der Waals surface area (Å²) >= 11 is 12.0. The van der Waals surface area contributed by atoms with Crippen molar-refractivity contribution >= 4 is 23.2 Å². The molecule has 3 nitrogen and oxygen atoms in total. The number of benzene rings is 1. The van der Waals surface area contributed by atoms with E-state index in [0.717, 1.165) is 17.7 Å². The van der Waals surface area contributed by atoms with Crippen LogP contribution in [-0.4, -0.2) is 9.78 Å². The van der Waals surface area contributed by atoms with Crippen LogP contribution in [0.1, 0.15) is 44.9 Å². The zero-order valence-electron chi connectivity index (χ0n) is 12.8. The van der Waals surface area contributed by atoms with Crippen molar-refractivity contribution in [1.82, 2.24) is 15.1 Å². The molecular weight excluding hydrogens is 305 g/mol. The van der Waals surface area contributed by atoms with Crippen LogP contribution in [0.25, 0.3) is 0 Å². The van der Waals surface area contributed by atoms with Crippen molar-refractivity contribution in [2.45, 2.75) is 45.8 Å². The second kappa shape index (κ2) is 6.39. The molecule has 114 valence electrons. The second-order valence-corrected chi connectivity index (χ2v) is 7.05. The molecule has 0 aliphatic heterocycles. The van der Waals surface area contributed by atoms with E-state index in [1.165, 1.54) is 0 Å². The molecule has 0 aliphatic rings. The summed E-state index contributed by atoms with van der Waals surface area (Å²) in [6.07, 6.45) is 3.98. The highest BCUT2D eigenvalue weighted by Gasteiger charge is 2.14. The third-order valence-corrected chi connectivity index (χ3v) is 4.12. The highest BCUT2D eigenvalue weighted by Crippen LogP contribution is 2.25. The number of hydrogen-bond acceptors (Lipinski definition) is 2. The van der Waals surface area contributed by atoms with Crippen LogP contribution in [0, 0.1) is 0 Å². The summed E-state index contributed by atoms with van der Waals surface area (Å²) in [5.41, 5.74) is 2.29. The molecule has 2 aromatic rings. The monoisotopic (exact) mass is 325 g/mol. The van der Waals surface area contributed by atoms with Crippen LogP contribution in [0.15, 0.2) is 30.6 Å². The summed E-state index contributed by atoms with van der Waals surface area (Å²) in [5, 5.41) is 9.04. The van der Waals surface area contributed by atoms with Crippen LogP contribution in [-0.2, 0) is 12.1 Å². The average Bonchev–Trinajstić information content (AvgIpc) is 2.88. The van der Waals surface area contributed by atoms with Gasteiger partial charge in [-0.1, -0.05) is 29.3 Å². The van der Waals surface area contributed by atoms with E-state index in [1.807, 2.05) is 29.1 Å². The van der Waals surface area contributed by atoms with Gasteiger partial charge in [0.15, 0.2) is 0 Å². The van der Waals surface area contributed by atoms with Crippen molar-refractivity contribution in [3.8, 4) is 0 Å². The van der Waals surface area contributed by atoms with Gasteiger partial charge in [-0.25, -0.2) is 0 Å². The maximum absolute atomic E-state index is 6.06. The molecule has 1 N–H and O–H groups in total. The Morgan fingerprint density at radius 1 is 1.24 bits per heavy atom. The first-order valence-corrected chi connectivity index (χ1v) is 7.75. The Bertz CT molecular complexity index is 614. The largest absolute Gasteiger partial charge is 0.306 e. The lowest BCUT2D eigenvalue weighted by molar-refractivity contribution is 0.355. The zero-order chi connectivity index (χ0) is 15.6. The van der Waals surface area contributed by atoms with Gasteiger partial charge >= 0.3 is 0 Å². The summed E-state index contributed by atoms with van der Waals surface area (Å²) in [5.74, 6) is 0. The molecule has 1 aromatic carbocycles. The van der Waals surface area contributed by atoms with Gasteiger partial charge < -0.3 is 5.32 Å².